The highest BCUT2D eigenvalue weighted by Gasteiger charge is 2.13. The van der Waals surface area contributed by atoms with E-state index in [-0.39, 0.29) is 18.3 Å². The highest BCUT2D eigenvalue weighted by atomic mass is 19.2. The third-order valence-corrected chi connectivity index (χ3v) is 3.15. The first-order valence-electron chi connectivity index (χ1n) is 7.20. The second kappa shape index (κ2) is 7.58. The molecule has 3 amide bonds. The standard InChI is InChI=1S/C16H17F2N3O3/c1-9-3-6-14(24-9)10(2)20-16(23)19-8-15(22)21-11-4-5-12(17)13(18)7-11/h3-7,10H,8H2,1-2H3,(H,21,22)(H2,19,20,23)/t10-/m0/s1. The molecule has 0 radical (unpaired) electrons. The molecule has 0 aliphatic carbocycles. The molecule has 3 N–H and O–H groups in total. The van der Waals surface area contributed by atoms with Crippen molar-refractivity contribution in [2.75, 3.05) is 11.9 Å². The van der Waals surface area contributed by atoms with E-state index < -0.39 is 23.6 Å². The largest absolute Gasteiger partial charge is 0.464 e. The summed E-state index contributed by atoms with van der Waals surface area (Å²) in [7, 11) is 0. The summed E-state index contributed by atoms with van der Waals surface area (Å²) in [6.07, 6.45) is 0. The van der Waals surface area contributed by atoms with Crippen LogP contribution in [0.1, 0.15) is 24.5 Å². The molecule has 0 fully saturated rings. The molecule has 128 valence electrons. The summed E-state index contributed by atoms with van der Waals surface area (Å²) in [4.78, 5) is 23.4. The minimum absolute atomic E-state index is 0.0977. The third kappa shape index (κ3) is 4.80. The van der Waals surface area contributed by atoms with Crippen molar-refractivity contribution >= 4 is 17.6 Å². The molecule has 1 heterocycles. The Bertz CT molecular complexity index is 746. The topological polar surface area (TPSA) is 83.4 Å². The average molecular weight is 337 g/mol. The van der Waals surface area contributed by atoms with Gasteiger partial charge in [0.05, 0.1) is 12.6 Å². The molecule has 6 nitrogen and oxygen atoms in total. The minimum Gasteiger partial charge on any atom is -0.464 e. The van der Waals surface area contributed by atoms with Gasteiger partial charge in [-0.2, -0.15) is 0 Å². The minimum atomic E-state index is -1.07. The summed E-state index contributed by atoms with van der Waals surface area (Å²) >= 11 is 0. The van der Waals surface area contributed by atoms with Gasteiger partial charge in [0.1, 0.15) is 11.5 Å². The summed E-state index contributed by atoms with van der Waals surface area (Å²) in [6, 6.07) is 5.58. The molecule has 0 aliphatic rings. The molecule has 0 unspecified atom stereocenters. The Kier molecular flexibility index (Phi) is 5.51. The maximum Gasteiger partial charge on any atom is 0.315 e. The number of carbonyl (C=O) groups is 2. The summed E-state index contributed by atoms with van der Waals surface area (Å²) < 4.78 is 31.2. The normalized spacial score (nSPS) is 11.7. The Hall–Kier alpha value is -2.90. The van der Waals surface area contributed by atoms with Crippen LogP contribution in [0.25, 0.3) is 0 Å². The van der Waals surface area contributed by atoms with E-state index in [2.05, 4.69) is 16.0 Å². The average Bonchev–Trinajstić information content (AvgIpc) is 2.96. The fourth-order valence-corrected chi connectivity index (χ4v) is 1.94. The molecule has 24 heavy (non-hydrogen) atoms. The molecule has 2 rings (SSSR count). The second-order valence-corrected chi connectivity index (χ2v) is 5.17. The lowest BCUT2D eigenvalue weighted by Crippen LogP contribution is -2.40. The number of hydrogen-bond acceptors (Lipinski definition) is 3. The number of rotatable bonds is 5. The number of furan rings is 1. The summed E-state index contributed by atoms with van der Waals surface area (Å²) in [6.45, 7) is 3.20. The molecule has 8 heteroatoms. The van der Waals surface area contributed by atoms with Crippen molar-refractivity contribution < 1.29 is 22.8 Å². The van der Waals surface area contributed by atoms with E-state index in [1.807, 2.05) is 0 Å². The van der Waals surface area contributed by atoms with E-state index in [1.54, 1.807) is 26.0 Å². The van der Waals surface area contributed by atoms with Crippen LogP contribution in [0.5, 0.6) is 0 Å². The van der Waals surface area contributed by atoms with E-state index in [4.69, 9.17) is 4.42 Å². The van der Waals surface area contributed by atoms with Gasteiger partial charge >= 0.3 is 6.03 Å². The number of carbonyl (C=O) groups excluding carboxylic acids is 2. The first-order valence-corrected chi connectivity index (χ1v) is 7.20. The summed E-state index contributed by atoms with van der Waals surface area (Å²) in [5.41, 5.74) is 0.0977. The molecule has 1 aromatic heterocycles. The van der Waals surface area contributed by atoms with Gasteiger partial charge in [-0.25, -0.2) is 13.6 Å². The number of halogens is 2. The van der Waals surface area contributed by atoms with Crippen LogP contribution in [0.4, 0.5) is 19.3 Å². The zero-order chi connectivity index (χ0) is 17.7. The molecule has 0 spiro atoms. The molecule has 1 aromatic carbocycles. The van der Waals surface area contributed by atoms with Gasteiger partial charge in [-0.15, -0.1) is 0 Å². The molecular weight excluding hydrogens is 320 g/mol. The molecule has 2 aromatic rings. The van der Waals surface area contributed by atoms with Crippen LogP contribution >= 0.6 is 0 Å². The number of aryl methyl sites for hydroxylation is 1. The Morgan fingerprint density at radius 2 is 1.92 bits per heavy atom. The maximum absolute atomic E-state index is 13.0. The van der Waals surface area contributed by atoms with E-state index in [0.717, 1.165) is 17.9 Å². The number of anilines is 1. The van der Waals surface area contributed by atoms with Crippen LogP contribution < -0.4 is 16.0 Å². The van der Waals surface area contributed by atoms with Crippen molar-refractivity contribution in [1.82, 2.24) is 10.6 Å². The van der Waals surface area contributed by atoms with Crippen LogP contribution in [-0.4, -0.2) is 18.5 Å². The monoisotopic (exact) mass is 337 g/mol. The van der Waals surface area contributed by atoms with Gasteiger partial charge in [0, 0.05) is 11.8 Å². The molecule has 0 saturated carbocycles. The zero-order valence-electron chi connectivity index (χ0n) is 13.2. The van der Waals surface area contributed by atoms with E-state index in [0.29, 0.717) is 5.76 Å². The first kappa shape index (κ1) is 17.5. The van der Waals surface area contributed by atoms with Crippen LogP contribution in [-0.2, 0) is 4.79 Å². The van der Waals surface area contributed by atoms with Gasteiger partial charge in [0.2, 0.25) is 5.91 Å². The second-order valence-electron chi connectivity index (χ2n) is 5.17. The molecule has 0 saturated heterocycles. The smallest absolute Gasteiger partial charge is 0.315 e. The van der Waals surface area contributed by atoms with Crippen molar-refractivity contribution in [3.05, 3.63) is 53.5 Å². The van der Waals surface area contributed by atoms with Gasteiger partial charge in [-0.05, 0) is 38.1 Å². The van der Waals surface area contributed by atoms with Crippen molar-refractivity contribution in [3.8, 4) is 0 Å². The molecular formula is C16H17F2N3O3. The fourth-order valence-electron chi connectivity index (χ4n) is 1.94. The lowest BCUT2D eigenvalue weighted by Gasteiger charge is -2.12. The Morgan fingerprint density at radius 1 is 1.17 bits per heavy atom. The maximum atomic E-state index is 13.0. The Morgan fingerprint density at radius 3 is 2.54 bits per heavy atom. The molecule has 1 atom stereocenters. The fraction of sp³-hybridized carbons (Fsp3) is 0.250. The number of urea groups is 1. The Labute approximate surface area is 137 Å². The van der Waals surface area contributed by atoms with Crippen LogP contribution in [0, 0.1) is 18.6 Å². The first-order chi connectivity index (χ1) is 11.3. The van der Waals surface area contributed by atoms with Crippen molar-refractivity contribution in [2.24, 2.45) is 0 Å². The van der Waals surface area contributed by atoms with Gasteiger partial charge in [0.15, 0.2) is 11.6 Å². The molecule has 0 bridgehead atoms. The highest BCUT2D eigenvalue weighted by molar-refractivity contribution is 5.94. The van der Waals surface area contributed by atoms with E-state index in [9.17, 15) is 18.4 Å². The number of nitrogens with one attached hydrogen (secondary N) is 3. The predicted octanol–water partition coefficient (Wildman–Crippen LogP) is 2.87. The quantitative estimate of drug-likeness (QED) is 0.784. The summed E-state index contributed by atoms with van der Waals surface area (Å²) in [5.74, 6) is -1.33. The van der Waals surface area contributed by atoms with Crippen LogP contribution in [0.15, 0.2) is 34.7 Å². The molecule has 0 aliphatic heterocycles. The van der Waals surface area contributed by atoms with Crippen LogP contribution in [0.2, 0.25) is 0 Å². The predicted molar refractivity (Wildman–Crippen MR) is 83.4 cm³/mol. The number of hydrogen-bond donors (Lipinski definition) is 3. The van der Waals surface area contributed by atoms with Crippen molar-refractivity contribution in [3.63, 3.8) is 0 Å². The van der Waals surface area contributed by atoms with Gasteiger partial charge in [0.25, 0.3) is 0 Å². The number of amides is 3. The van der Waals surface area contributed by atoms with Gasteiger partial charge < -0.3 is 20.4 Å². The lowest BCUT2D eigenvalue weighted by atomic mass is 10.2. The number of benzene rings is 1. The van der Waals surface area contributed by atoms with Crippen LogP contribution in [0.3, 0.4) is 0 Å². The third-order valence-electron chi connectivity index (χ3n) is 3.15. The SMILES string of the molecule is Cc1ccc([C@H](C)NC(=O)NCC(=O)Nc2ccc(F)c(F)c2)o1. The van der Waals surface area contributed by atoms with E-state index in [1.165, 1.54) is 6.07 Å². The zero-order valence-corrected chi connectivity index (χ0v) is 13.2. The van der Waals surface area contributed by atoms with E-state index >= 15 is 0 Å². The van der Waals surface area contributed by atoms with Gasteiger partial charge in [-0.1, -0.05) is 0 Å². The van der Waals surface area contributed by atoms with Gasteiger partial charge in [-0.3, -0.25) is 4.79 Å². The highest BCUT2D eigenvalue weighted by Crippen LogP contribution is 2.15. The lowest BCUT2D eigenvalue weighted by molar-refractivity contribution is -0.115. The Balaban J connectivity index is 1.78. The van der Waals surface area contributed by atoms with Crippen molar-refractivity contribution in [2.45, 2.75) is 19.9 Å². The summed E-state index contributed by atoms with van der Waals surface area (Å²) in [5, 5.41) is 7.32. The van der Waals surface area contributed by atoms with Crippen molar-refractivity contribution in [1.29, 1.82) is 0 Å².